The Hall–Kier alpha value is -1.33. The molecule has 2 bridgehead atoms. The third-order valence-corrected chi connectivity index (χ3v) is 5.31. The standard InChI is InChI=1S/C17H21ClN2O2S/c1-2-22-16(21)13-6-5-12(9-14(13)18)19-17(23)20-15-8-10-3-4-11(15)7-10/h5-6,9-11,15H,2-4,7-8H2,1H3,(H2,19,20,23)/t10-,11-,15-/m1/s1. The number of hydrogen-bond donors (Lipinski definition) is 2. The average Bonchev–Trinajstić information content (AvgIpc) is 3.10. The van der Waals surface area contributed by atoms with Crippen molar-refractivity contribution in [2.24, 2.45) is 11.8 Å². The molecule has 1 aromatic rings. The van der Waals surface area contributed by atoms with Crippen molar-refractivity contribution in [1.82, 2.24) is 5.32 Å². The number of benzene rings is 1. The minimum Gasteiger partial charge on any atom is -0.462 e. The van der Waals surface area contributed by atoms with Gasteiger partial charge in [0.15, 0.2) is 5.11 Å². The Morgan fingerprint density at radius 3 is 2.83 bits per heavy atom. The largest absolute Gasteiger partial charge is 0.462 e. The molecule has 2 fully saturated rings. The summed E-state index contributed by atoms with van der Waals surface area (Å²) in [5, 5.41) is 7.54. The van der Waals surface area contributed by atoms with Crippen molar-refractivity contribution in [3.05, 3.63) is 28.8 Å². The zero-order chi connectivity index (χ0) is 16.4. The number of nitrogens with one attached hydrogen (secondary N) is 2. The molecule has 0 saturated heterocycles. The Morgan fingerprint density at radius 1 is 1.39 bits per heavy atom. The van der Waals surface area contributed by atoms with Gasteiger partial charge in [0.1, 0.15) is 0 Å². The molecular formula is C17H21ClN2O2S. The summed E-state index contributed by atoms with van der Waals surface area (Å²) in [6.07, 6.45) is 5.23. The summed E-state index contributed by atoms with van der Waals surface area (Å²) in [5.41, 5.74) is 1.13. The number of esters is 1. The molecule has 0 aromatic heterocycles. The van der Waals surface area contributed by atoms with Gasteiger partial charge in [-0.05, 0) is 68.4 Å². The molecule has 6 heteroatoms. The van der Waals surface area contributed by atoms with Crippen molar-refractivity contribution in [3.63, 3.8) is 0 Å². The molecular weight excluding hydrogens is 332 g/mol. The summed E-state index contributed by atoms with van der Waals surface area (Å²) in [6.45, 7) is 2.09. The molecule has 0 aliphatic heterocycles. The highest BCUT2D eigenvalue weighted by Gasteiger charge is 2.39. The van der Waals surface area contributed by atoms with Crippen LogP contribution in [0.3, 0.4) is 0 Å². The summed E-state index contributed by atoms with van der Waals surface area (Å²) >= 11 is 11.6. The number of carbonyl (C=O) groups is 1. The van der Waals surface area contributed by atoms with E-state index in [4.69, 9.17) is 28.6 Å². The lowest BCUT2D eigenvalue weighted by Gasteiger charge is -2.24. The smallest absolute Gasteiger partial charge is 0.339 e. The van der Waals surface area contributed by atoms with E-state index in [0.717, 1.165) is 17.5 Å². The fraction of sp³-hybridized carbons (Fsp3) is 0.529. The lowest BCUT2D eigenvalue weighted by atomic mass is 9.96. The van der Waals surface area contributed by atoms with Crippen LogP contribution < -0.4 is 10.6 Å². The molecule has 2 aliphatic carbocycles. The molecule has 2 saturated carbocycles. The lowest BCUT2D eigenvalue weighted by Crippen LogP contribution is -2.40. The van der Waals surface area contributed by atoms with Crippen LogP contribution in [-0.4, -0.2) is 23.7 Å². The average molecular weight is 353 g/mol. The number of fused-ring (bicyclic) bond motifs is 2. The highest BCUT2D eigenvalue weighted by atomic mass is 35.5. The number of hydrogen-bond acceptors (Lipinski definition) is 3. The van der Waals surface area contributed by atoms with Crippen molar-refractivity contribution < 1.29 is 9.53 Å². The van der Waals surface area contributed by atoms with Crippen LogP contribution in [0.5, 0.6) is 0 Å². The molecule has 0 unspecified atom stereocenters. The van der Waals surface area contributed by atoms with E-state index in [1.54, 1.807) is 25.1 Å². The van der Waals surface area contributed by atoms with Gasteiger partial charge in [-0.25, -0.2) is 4.79 Å². The first-order chi connectivity index (χ1) is 11.1. The number of anilines is 1. The zero-order valence-electron chi connectivity index (χ0n) is 13.1. The van der Waals surface area contributed by atoms with Gasteiger partial charge in [-0.15, -0.1) is 0 Å². The van der Waals surface area contributed by atoms with Crippen LogP contribution >= 0.6 is 23.8 Å². The SMILES string of the molecule is CCOC(=O)c1ccc(NC(=S)N[C@@H]2C[C@@H]3CC[C@@H]2C3)cc1Cl. The molecule has 0 spiro atoms. The van der Waals surface area contributed by atoms with Crippen molar-refractivity contribution >= 4 is 40.6 Å². The number of halogens is 1. The first-order valence-corrected chi connectivity index (χ1v) is 8.89. The van der Waals surface area contributed by atoms with Crippen LogP contribution in [-0.2, 0) is 4.74 Å². The van der Waals surface area contributed by atoms with Gasteiger partial charge in [0.25, 0.3) is 0 Å². The van der Waals surface area contributed by atoms with E-state index >= 15 is 0 Å². The van der Waals surface area contributed by atoms with Gasteiger partial charge in [-0.1, -0.05) is 18.0 Å². The molecule has 2 aliphatic rings. The van der Waals surface area contributed by atoms with Gasteiger partial charge >= 0.3 is 5.97 Å². The summed E-state index contributed by atoms with van der Waals surface area (Å²) in [7, 11) is 0. The summed E-state index contributed by atoms with van der Waals surface area (Å²) in [6, 6.07) is 5.63. The van der Waals surface area contributed by atoms with Crippen LogP contribution in [0.25, 0.3) is 0 Å². The Balaban J connectivity index is 1.58. The number of thiocarbonyl (C=S) groups is 1. The number of ether oxygens (including phenoxy) is 1. The van der Waals surface area contributed by atoms with Crippen LogP contribution in [0, 0.1) is 11.8 Å². The predicted molar refractivity (Wildman–Crippen MR) is 96.0 cm³/mol. The second-order valence-corrected chi connectivity index (χ2v) is 7.11. The van der Waals surface area contributed by atoms with Crippen LogP contribution in [0.4, 0.5) is 5.69 Å². The maximum absolute atomic E-state index is 11.7. The first-order valence-electron chi connectivity index (χ1n) is 8.11. The fourth-order valence-corrected chi connectivity index (χ4v) is 4.25. The van der Waals surface area contributed by atoms with E-state index in [1.807, 2.05) is 0 Å². The van der Waals surface area contributed by atoms with Crippen molar-refractivity contribution in [2.45, 2.75) is 38.6 Å². The first kappa shape index (κ1) is 16.5. The van der Waals surface area contributed by atoms with Gasteiger partial charge in [0.05, 0.1) is 17.2 Å². The lowest BCUT2D eigenvalue weighted by molar-refractivity contribution is 0.0526. The maximum Gasteiger partial charge on any atom is 0.339 e. The monoisotopic (exact) mass is 352 g/mol. The Morgan fingerprint density at radius 2 is 2.22 bits per heavy atom. The topological polar surface area (TPSA) is 50.4 Å². The summed E-state index contributed by atoms with van der Waals surface area (Å²) in [5.74, 6) is 1.22. The molecule has 1 aromatic carbocycles. The molecule has 3 rings (SSSR count). The zero-order valence-corrected chi connectivity index (χ0v) is 14.7. The number of carbonyl (C=O) groups excluding carboxylic acids is 1. The predicted octanol–water partition coefficient (Wildman–Crippen LogP) is 3.99. The van der Waals surface area contributed by atoms with Crippen molar-refractivity contribution in [2.75, 3.05) is 11.9 Å². The van der Waals surface area contributed by atoms with E-state index in [1.165, 1.54) is 25.7 Å². The highest BCUT2D eigenvalue weighted by molar-refractivity contribution is 7.80. The molecule has 124 valence electrons. The van der Waals surface area contributed by atoms with E-state index in [0.29, 0.717) is 28.3 Å². The minimum absolute atomic E-state index is 0.326. The van der Waals surface area contributed by atoms with Gasteiger partial charge in [-0.2, -0.15) is 0 Å². The molecule has 0 heterocycles. The molecule has 4 nitrogen and oxygen atoms in total. The Labute approximate surface area is 146 Å². The molecule has 23 heavy (non-hydrogen) atoms. The van der Waals surface area contributed by atoms with Crippen LogP contribution in [0.15, 0.2) is 18.2 Å². The van der Waals surface area contributed by atoms with Gasteiger partial charge in [-0.3, -0.25) is 0 Å². The third kappa shape index (κ3) is 3.78. The van der Waals surface area contributed by atoms with E-state index in [-0.39, 0.29) is 0 Å². The maximum atomic E-state index is 11.7. The van der Waals surface area contributed by atoms with Gasteiger partial charge in [0.2, 0.25) is 0 Å². The second-order valence-electron chi connectivity index (χ2n) is 6.29. The third-order valence-electron chi connectivity index (χ3n) is 4.78. The van der Waals surface area contributed by atoms with E-state index in [9.17, 15) is 4.79 Å². The number of rotatable bonds is 4. The van der Waals surface area contributed by atoms with Crippen molar-refractivity contribution in [1.29, 1.82) is 0 Å². The van der Waals surface area contributed by atoms with Gasteiger partial charge < -0.3 is 15.4 Å². The van der Waals surface area contributed by atoms with Crippen molar-refractivity contribution in [3.8, 4) is 0 Å². The molecule has 0 radical (unpaired) electrons. The molecule has 0 amide bonds. The molecule has 2 N–H and O–H groups in total. The minimum atomic E-state index is -0.410. The summed E-state index contributed by atoms with van der Waals surface area (Å²) < 4.78 is 4.96. The second kappa shape index (κ2) is 7.05. The fourth-order valence-electron chi connectivity index (χ4n) is 3.72. The van der Waals surface area contributed by atoms with E-state index < -0.39 is 5.97 Å². The highest BCUT2D eigenvalue weighted by Crippen LogP contribution is 2.44. The quantitative estimate of drug-likeness (QED) is 0.633. The van der Waals surface area contributed by atoms with Crippen LogP contribution in [0.2, 0.25) is 5.02 Å². The molecule has 3 atom stereocenters. The van der Waals surface area contributed by atoms with Crippen LogP contribution in [0.1, 0.15) is 43.0 Å². The Bertz CT molecular complexity index is 623. The summed E-state index contributed by atoms with van der Waals surface area (Å²) in [4.78, 5) is 11.7. The normalized spacial score (nSPS) is 25.2. The van der Waals surface area contributed by atoms with Gasteiger partial charge in [0, 0.05) is 11.7 Å². The Kier molecular flexibility index (Phi) is 5.07. The van der Waals surface area contributed by atoms with E-state index in [2.05, 4.69) is 10.6 Å².